The summed E-state index contributed by atoms with van der Waals surface area (Å²) < 4.78 is 0. The van der Waals surface area contributed by atoms with Gasteiger partial charge >= 0.3 is 5.97 Å². The number of carbonyl (C=O) groups excluding carboxylic acids is 1. The van der Waals surface area contributed by atoms with Crippen molar-refractivity contribution in [1.82, 2.24) is 5.32 Å². The molecular formula is C26H43NO6. The van der Waals surface area contributed by atoms with Crippen LogP contribution in [0.4, 0.5) is 0 Å². The predicted octanol–water partition coefficient (Wildman–Crippen LogP) is 2.56. The maximum atomic E-state index is 12.0. The molecule has 4 aliphatic carbocycles. The summed E-state index contributed by atoms with van der Waals surface area (Å²) in [5, 5.41) is 44.4. The first-order chi connectivity index (χ1) is 15.5. The Morgan fingerprint density at radius 3 is 2.45 bits per heavy atom. The fraction of sp³-hybridized carbons (Fsp3) is 0.923. The molecule has 0 aromatic rings. The van der Waals surface area contributed by atoms with Crippen LogP contribution in [0.3, 0.4) is 0 Å². The van der Waals surface area contributed by atoms with E-state index in [1.165, 1.54) is 0 Å². The molecule has 11 atom stereocenters. The second-order valence-corrected chi connectivity index (χ2v) is 12.2. The summed E-state index contributed by atoms with van der Waals surface area (Å²) >= 11 is 0. The molecule has 4 aliphatic rings. The minimum Gasteiger partial charge on any atom is -0.480 e. The minimum absolute atomic E-state index is 0.0668. The van der Waals surface area contributed by atoms with Crippen LogP contribution in [0, 0.1) is 46.3 Å². The average molecular weight is 466 g/mol. The van der Waals surface area contributed by atoms with Crippen LogP contribution in [0.25, 0.3) is 0 Å². The van der Waals surface area contributed by atoms with E-state index in [1.54, 1.807) is 0 Å². The number of aliphatic carboxylic acids is 1. The van der Waals surface area contributed by atoms with Crippen molar-refractivity contribution in [2.75, 3.05) is 6.54 Å². The van der Waals surface area contributed by atoms with Gasteiger partial charge in [-0.25, -0.2) is 0 Å². The topological polar surface area (TPSA) is 127 Å². The maximum Gasteiger partial charge on any atom is 0.322 e. The molecule has 0 aromatic heterocycles. The molecule has 188 valence electrons. The molecule has 5 N–H and O–H groups in total. The van der Waals surface area contributed by atoms with Crippen LogP contribution < -0.4 is 5.32 Å². The monoisotopic (exact) mass is 465 g/mol. The summed E-state index contributed by atoms with van der Waals surface area (Å²) in [5.41, 5.74) is -0.214. The quantitative estimate of drug-likeness (QED) is 0.410. The largest absolute Gasteiger partial charge is 0.480 e. The van der Waals surface area contributed by atoms with Gasteiger partial charge in [-0.2, -0.15) is 0 Å². The molecule has 0 spiro atoms. The summed E-state index contributed by atoms with van der Waals surface area (Å²) in [6.45, 7) is 6.35. The Labute approximate surface area is 197 Å². The number of carboxylic acid groups (broad SMARTS) is 1. The molecule has 4 fully saturated rings. The van der Waals surface area contributed by atoms with Crippen LogP contribution in [0.15, 0.2) is 0 Å². The minimum atomic E-state index is -1.04. The summed E-state index contributed by atoms with van der Waals surface area (Å²) in [5.74, 6) is 0.265. The van der Waals surface area contributed by atoms with E-state index in [9.17, 15) is 24.9 Å². The van der Waals surface area contributed by atoms with Gasteiger partial charge in [0.2, 0.25) is 5.91 Å². The van der Waals surface area contributed by atoms with Crippen molar-refractivity contribution >= 4 is 11.9 Å². The van der Waals surface area contributed by atoms with Crippen molar-refractivity contribution in [3.05, 3.63) is 0 Å². The van der Waals surface area contributed by atoms with Crippen molar-refractivity contribution in [2.24, 2.45) is 46.3 Å². The molecule has 0 unspecified atom stereocenters. The second-order valence-electron chi connectivity index (χ2n) is 12.2. The maximum absolute atomic E-state index is 12.0. The lowest BCUT2D eigenvalue weighted by molar-refractivity contribution is -0.207. The molecule has 0 heterocycles. The Morgan fingerprint density at radius 2 is 1.76 bits per heavy atom. The van der Waals surface area contributed by atoms with Crippen LogP contribution in [-0.2, 0) is 9.59 Å². The van der Waals surface area contributed by atoms with Crippen molar-refractivity contribution < 1.29 is 30.0 Å². The van der Waals surface area contributed by atoms with E-state index in [0.29, 0.717) is 25.2 Å². The van der Waals surface area contributed by atoms with Crippen molar-refractivity contribution in [3.63, 3.8) is 0 Å². The van der Waals surface area contributed by atoms with Crippen LogP contribution in [0.1, 0.15) is 78.6 Å². The van der Waals surface area contributed by atoms with E-state index in [0.717, 1.165) is 38.5 Å². The number of hydrogen-bond donors (Lipinski definition) is 5. The first kappa shape index (κ1) is 24.9. The molecule has 4 saturated carbocycles. The van der Waals surface area contributed by atoms with E-state index in [2.05, 4.69) is 26.1 Å². The Kier molecular flexibility index (Phi) is 6.89. The molecule has 33 heavy (non-hydrogen) atoms. The number of hydrogen-bond acceptors (Lipinski definition) is 5. The van der Waals surface area contributed by atoms with Gasteiger partial charge in [0.1, 0.15) is 6.54 Å². The van der Waals surface area contributed by atoms with Crippen LogP contribution in [0.2, 0.25) is 0 Å². The summed E-state index contributed by atoms with van der Waals surface area (Å²) in [4.78, 5) is 22.7. The lowest BCUT2D eigenvalue weighted by Crippen LogP contribution is -2.62. The molecule has 0 aliphatic heterocycles. The second kappa shape index (κ2) is 9.12. The standard InChI is InChI=1S/C26H43NO6/c1-14(4-7-22(31)27-13-23(32)33)17-5-6-18-24-19(12-21(30)26(17,18)3)25(2)9-8-16(28)10-15(25)11-20(24)29/h14-21,24,28-30H,4-13H2,1-3H3,(H,27,31)(H,32,33)/t14-,15+,16-,17-,18+,19+,20+,21+,24+,25-,26-/m0/s1. The highest BCUT2D eigenvalue weighted by molar-refractivity contribution is 5.81. The van der Waals surface area contributed by atoms with E-state index >= 15 is 0 Å². The lowest BCUT2D eigenvalue weighted by atomic mass is 9.43. The van der Waals surface area contributed by atoms with Crippen LogP contribution in [-0.4, -0.2) is 57.2 Å². The number of amides is 1. The molecular weight excluding hydrogens is 422 g/mol. The number of nitrogens with one attached hydrogen (secondary N) is 1. The van der Waals surface area contributed by atoms with Gasteiger partial charge in [0, 0.05) is 6.42 Å². The van der Waals surface area contributed by atoms with Gasteiger partial charge in [0.25, 0.3) is 0 Å². The Bertz CT molecular complexity index is 759. The third-order valence-electron chi connectivity index (χ3n) is 10.8. The zero-order valence-corrected chi connectivity index (χ0v) is 20.4. The van der Waals surface area contributed by atoms with Crippen LogP contribution >= 0.6 is 0 Å². The van der Waals surface area contributed by atoms with Gasteiger partial charge in [0.15, 0.2) is 0 Å². The fourth-order valence-corrected chi connectivity index (χ4v) is 8.95. The summed E-state index contributed by atoms with van der Waals surface area (Å²) in [6.07, 6.45) is 5.86. The number of rotatable bonds is 6. The molecule has 0 radical (unpaired) electrons. The van der Waals surface area contributed by atoms with E-state index in [-0.39, 0.29) is 65.1 Å². The molecule has 1 amide bonds. The highest BCUT2D eigenvalue weighted by Gasteiger charge is 2.65. The van der Waals surface area contributed by atoms with Crippen molar-refractivity contribution in [3.8, 4) is 0 Å². The van der Waals surface area contributed by atoms with Gasteiger partial charge in [-0.3, -0.25) is 9.59 Å². The molecule has 7 heteroatoms. The average Bonchev–Trinajstić information content (AvgIpc) is 3.11. The first-order valence-corrected chi connectivity index (χ1v) is 13.0. The van der Waals surface area contributed by atoms with E-state index in [4.69, 9.17) is 5.11 Å². The third-order valence-corrected chi connectivity index (χ3v) is 10.8. The van der Waals surface area contributed by atoms with Gasteiger partial charge in [-0.05, 0) is 97.7 Å². The fourth-order valence-electron chi connectivity index (χ4n) is 8.95. The normalized spacial score (nSPS) is 47.7. The first-order valence-electron chi connectivity index (χ1n) is 13.0. The molecule has 0 bridgehead atoms. The molecule has 4 rings (SSSR count). The Morgan fingerprint density at radius 1 is 1.03 bits per heavy atom. The third kappa shape index (κ3) is 4.23. The highest BCUT2D eigenvalue weighted by Crippen LogP contribution is 2.68. The Balaban J connectivity index is 1.49. The predicted molar refractivity (Wildman–Crippen MR) is 123 cm³/mol. The van der Waals surface area contributed by atoms with Crippen molar-refractivity contribution in [1.29, 1.82) is 0 Å². The number of carboxylic acids is 1. The van der Waals surface area contributed by atoms with Gasteiger partial charge in [-0.1, -0.05) is 20.8 Å². The molecule has 0 aromatic carbocycles. The lowest BCUT2D eigenvalue weighted by Gasteiger charge is -2.63. The zero-order valence-electron chi connectivity index (χ0n) is 20.4. The number of fused-ring (bicyclic) bond motifs is 5. The van der Waals surface area contributed by atoms with Gasteiger partial charge in [0.05, 0.1) is 18.3 Å². The molecule has 7 nitrogen and oxygen atoms in total. The highest BCUT2D eigenvalue weighted by atomic mass is 16.4. The Hall–Kier alpha value is -1.18. The van der Waals surface area contributed by atoms with Gasteiger partial charge < -0.3 is 25.7 Å². The van der Waals surface area contributed by atoms with Crippen LogP contribution in [0.5, 0.6) is 0 Å². The summed E-state index contributed by atoms with van der Waals surface area (Å²) in [6, 6.07) is 0. The number of aliphatic hydroxyl groups excluding tert-OH is 3. The van der Waals surface area contributed by atoms with Gasteiger partial charge in [-0.15, -0.1) is 0 Å². The van der Waals surface area contributed by atoms with E-state index in [1.807, 2.05) is 0 Å². The smallest absolute Gasteiger partial charge is 0.322 e. The zero-order chi connectivity index (χ0) is 24.1. The SMILES string of the molecule is C[C@@H](CCC(=O)NCC(=O)O)[C@@H]1CC[C@@H]2[C@H]3[C@H](O)C[C@H]4C[C@@H](O)CC[C@]4(C)[C@@H]3C[C@@H](O)[C@]21C. The summed E-state index contributed by atoms with van der Waals surface area (Å²) in [7, 11) is 0. The van der Waals surface area contributed by atoms with Crippen molar-refractivity contribution in [2.45, 2.75) is 96.9 Å². The number of carbonyl (C=O) groups is 2. The number of aliphatic hydroxyl groups is 3. The molecule has 0 saturated heterocycles. The van der Waals surface area contributed by atoms with E-state index < -0.39 is 12.1 Å².